The predicted octanol–water partition coefficient (Wildman–Crippen LogP) is 2.68. The van der Waals surface area contributed by atoms with Crippen molar-refractivity contribution in [2.24, 2.45) is 5.73 Å². The standard InChI is InChI=1S/C16H15BrN2OS/c17-14-5-1-3-12(7-14)9-16(20)19-10-15-8-13(11-21-15)4-2-6-18/h1,3,5,7-8,11H,6,9-10,18H2,(H,19,20). The summed E-state index contributed by atoms with van der Waals surface area (Å²) in [6, 6.07) is 9.74. The van der Waals surface area contributed by atoms with Gasteiger partial charge in [-0.3, -0.25) is 4.79 Å². The van der Waals surface area contributed by atoms with E-state index in [1.54, 1.807) is 11.3 Å². The molecular formula is C16H15BrN2OS. The van der Waals surface area contributed by atoms with E-state index in [0.29, 0.717) is 19.5 Å². The van der Waals surface area contributed by atoms with Crippen LogP contribution in [0.1, 0.15) is 16.0 Å². The summed E-state index contributed by atoms with van der Waals surface area (Å²) in [6.07, 6.45) is 0.380. The number of benzene rings is 1. The molecule has 1 amide bonds. The Morgan fingerprint density at radius 3 is 3.00 bits per heavy atom. The largest absolute Gasteiger partial charge is 0.351 e. The Bertz CT molecular complexity index is 685. The highest BCUT2D eigenvalue weighted by molar-refractivity contribution is 9.10. The van der Waals surface area contributed by atoms with Crippen LogP contribution in [0.4, 0.5) is 0 Å². The minimum Gasteiger partial charge on any atom is -0.351 e. The van der Waals surface area contributed by atoms with Crippen LogP contribution in [0, 0.1) is 11.8 Å². The fourth-order valence-electron chi connectivity index (χ4n) is 1.77. The molecule has 3 nitrogen and oxygen atoms in total. The number of hydrogen-bond acceptors (Lipinski definition) is 3. The lowest BCUT2D eigenvalue weighted by Crippen LogP contribution is -2.24. The summed E-state index contributed by atoms with van der Waals surface area (Å²) in [6.45, 7) is 0.885. The number of halogens is 1. The molecule has 0 radical (unpaired) electrons. The SMILES string of the molecule is NCC#Cc1csc(CNC(=O)Cc2cccc(Br)c2)c1. The van der Waals surface area contributed by atoms with Gasteiger partial charge in [0.15, 0.2) is 0 Å². The molecule has 0 fully saturated rings. The zero-order chi connectivity index (χ0) is 15.1. The third-order valence-corrected chi connectivity index (χ3v) is 4.13. The third kappa shape index (κ3) is 5.35. The number of carbonyl (C=O) groups excluding carboxylic acids is 1. The van der Waals surface area contributed by atoms with E-state index in [2.05, 4.69) is 33.1 Å². The first kappa shape index (κ1) is 15.8. The van der Waals surface area contributed by atoms with Gasteiger partial charge in [0.25, 0.3) is 0 Å². The van der Waals surface area contributed by atoms with Crippen LogP contribution in [0.3, 0.4) is 0 Å². The number of nitrogens with two attached hydrogens (primary N) is 1. The average Bonchev–Trinajstić information content (AvgIpc) is 2.91. The monoisotopic (exact) mass is 362 g/mol. The fourth-order valence-corrected chi connectivity index (χ4v) is 2.97. The van der Waals surface area contributed by atoms with E-state index < -0.39 is 0 Å². The van der Waals surface area contributed by atoms with Crippen molar-refractivity contribution in [2.45, 2.75) is 13.0 Å². The van der Waals surface area contributed by atoms with Gasteiger partial charge in [-0.1, -0.05) is 39.9 Å². The number of hydrogen-bond donors (Lipinski definition) is 2. The molecule has 0 unspecified atom stereocenters. The van der Waals surface area contributed by atoms with Crippen molar-refractivity contribution in [1.29, 1.82) is 0 Å². The minimum atomic E-state index is 0.0103. The van der Waals surface area contributed by atoms with Crippen molar-refractivity contribution in [1.82, 2.24) is 5.32 Å². The summed E-state index contributed by atoms with van der Waals surface area (Å²) in [5, 5.41) is 4.89. The number of rotatable bonds is 4. The Labute approximate surface area is 136 Å². The van der Waals surface area contributed by atoms with Crippen LogP contribution >= 0.6 is 27.3 Å². The number of carbonyl (C=O) groups is 1. The molecule has 0 saturated carbocycles. The zero-order valence-electron chi connectivity index (χ0n) is 11.4. The Balaban J connectivity index is 1.85. The van der Waals surface area contributed by atoms with Crippen molar-refractivity contribution in [2.75, 3.05) is 6.54 Å². The van der Waals surface area contributed by atoms with Crippen LogP contribution in [-0.2, 0) is 17.8 Å². The second kappa shape index (κ2) is 7.99. The highest BCUT2D eigenvalue weighted by atomic mass is 79.9. The lowest BCUT2D eigenvalue weighted by atomic mass is 10.1. The van der Waals surface area contributed by atoms with Gasteiger partial charge in [-0.05, 0) is 23.8 Å². The highest BCUT2D eigenvalue weighted by Crippen LogP contribution is 2.14. The Hall–Kier alpha value is -1.61. The van der Waals surface area contributed by atoms with Crippen molar-refractivity contribution in [3.63, 3.8) is 0 Å². The molecule has 3 N–H and O–H groups in total. The van der Waals surface area contributed by atoms with Crippen molar-refractivity contribution in [3.8, 4) is 11.8 Å². The Morgan fingerprint density at radius 2 is 2.24 bits per heavy atom. The summed E-state index contributed by atoms with van der Waals surface area (Å²) < 4.78 is 0.981. The second-order valence-corrected chi connectivity index (χ2v) is 6.30. The molecule has 21 heavy (non-hydrogen) atoms. The van der Waals surface area contributed by atoms with Gasteiger partial charge < -0.3 is 11.1 Å². The van der Waals surface area contributed by atoms with Crippen LogP contribution < -0.4 is 11.1 Å². The molecule has 0 aliphatic rings. The molecule has 0 saturated heterocycles. The topological polar surface area (TPSA) is 55.1 Å². The lowest BCUT2D eigenvalue weighted by molar-refractivity contribution is -0.120. The van der Waals surface area contributed by atoms with Gasteiger partial charge >= 0.3 is 0 Å². The lowest BCUT2D eigenvalue weighted by Gasteiger charge is -2.04. The van der Waals surface area contributed by atoms with E-state index >= 15 is 0 Å². The molecule has 2 aromatic rings. The quantitative estimate of drug-likeness (QED) is 0.821. The van der Waals surface area contributed by atoms with Gasteiger partial charge in [-0.2, -0.15) is 0 Å². The molecule has 0 aliphatic heterocycles. The second-order valence-electron chi connectivity index (χ2n) is 4.39. The van der Waals surface area contributed by atoms with Crippen molar-refractivity contribution >= 4 is 33.2 Å². The number of nitrogens with one attached hydrogen (secondary N) is 1. The molecule has 2 rings (SSSR count). The van der Waals surface area contributed by atoms with E-state index in [4.69, 9.17) is 5.73 Å². The predicted molar refractivity (Wildman–Crippen MR) is 89.9 cm³/mol. The number of amides is 1. The molecule has 1 aromatic heterocycles. The molecule has 0 spiro atoms. The van der Waals surface area contributed by atoms with Crippen molar-refractivity contribution < 1.29 is 4.79 Å². The molecule has 0 atom stereocenters. The summed E-state index contributed by atoms with van der Waals surface area (Å²) in [5.74, 6) is 5.80. The van der Waals surface area contributed by atoms with Gasteiger partial charge in [-0.25, -0.2) is 0 Å². The fraction of sp³-hybridized carbons (Fsp3) is 0.188. The minimum absolute atomic E-state index is 0.0103. The average molecular weight is 363 g/mol. The third-order valence-electron chi connectivity index (χ3n) is 2.70. The van der Waals surface area contributed by atoms with Gasteiger partial charge in [0.1, 0.15) is 0 Å². The van der Waals surface area contributed by atoms with Gasteiger partial charge in [0.05, 0.1) is 19.5 Å². The maximum Gasteiger partial charge on any atom is 0.224 e. The van der Waals surface area contributed by atoms with Crippen molar-refractivity contribution in [3.05, 3.63) is 56.2 Å². The Kier molecular flexibility index (Phi) is 6.00. The summed E-state index contributed by atoms with van der Waals surface area (Å²) in [4.78, 5) is 13.0. The summed E-state index contributed by atoms with van der Waals surface area (Å²) in [5.41, 5.74) is 7.27. The van der Waals surface area contributed by atoms with E-state index in [9.17, 15) is 4.79 Å². The zero-order valence-corrected chi connectivity index (χ0v) is 13.8. The van der Waals surface area contributed by atoms with E-state index in [0.717, 1.165) is 20.5 Å². The number of thiophene rings is 1. The van der Waals surface area contributed by atoms with E-state index in [1.165, 1.54) is 0 Å². The van der Waals surface area contributed by atoms with Crippen LogP contribution in [-0.4, -0.2) is 12.5 Å². The normalized spacial score (nSPS) is 9.81. The van der Waals surface area contributed by atoms with Gasteiger partial charge in [0, 0.05) is 20.3 Å². The Morgan fingerprint density at radius 1 is 1.38 bits per heavy atom. The first-order chi connectivity index (χ1) is 10.2. The first-order valence-corrected chi connectivity index (χ1v) is 8.12. The molecule has 0 aliphatic carbocycles. The van der Waals surface area contributed by atoms with Gasteiger partial charge in [-0.15, -0.1) is 11.3 Å². The molecule has 1 aromatic carbocycles. The first-order valence-electron chi connectivity index (χ1n) is 6.45. The molecule has 5 heteroatoms. The molecule has 1 heterocycles. The molecule has 108 valence electrons. The maximum atomic E-state index is 11.9. The molecular weight excluding hydrogens is 348 g/mol. The maximum absolute atomic E-state index is 11.9. The smallest absolute Gasteiger partial charge is 0.224 e. The molecule has 0 bridgehead atoms. The summed E-state index contributed by atoms with van der Waals surface area (Å²) in [7, 11) is 0. The van der Waals surface area contributed by atoms with Crippen LogP contribution in [0.5, 0.6) is 0 Å². The highest BCUT2D eigenvalue weighted by Gasteiger charge is 2.05. The summed E-state index contributed by atoms with van der Waals surface area (Å²) >= 11 is 4.98. The van der Waals surface area contributed by atoms with Crippen LogP contribution in [0.15, 0.2) is 40.2 Å². The van der Waals surface area contributed by atoms with Gasteiger partial charge in [0.2, 0.25) is 5.91 Å². The van der Waals surface area contributed by atoms with Crippen LogP contribution in [0.2, 0.25) is 0 Å². The van der Waals surface area contributed by atoms with E-state index in [1.807, 2.05) is 35.7 Å². The van der Waals surface area contributed by atoms with Crippen LogP contribution in [0.25, 0.3) is 0 Å². The van der Waals surface area contributed by atoms with E-state index in [-0.39, 0.29) is 5.91 Å².